The van der Waals surface area contributed by atoms with Gasteiger partial charge in [-0.15, -0.1) is 0 Å². The van der Waals surface area contributed by atoms with E-state index in [0.29, 0.717) is 0 Å². The molecule has 10 heteroatoms. The van der Waals surface area contributed by atoms with Gasteiger partial charge in [0.05, 0.1) is 0 Å². The molecule has 5 atom stereocenters. The minimum atomic E-state index is -1.11. The van der Waals surface area contributed by atoms with Crippen molar-refractivity contribution >= 4 is 35.4 Å². The van der Waals surface area contributed by atoms with Crippen LogP contribution < -0.4 is 5.32 Å². The Kier molecular flexibility index (Phi) is 7.43. The first-order chi connectivity index (χ1) is 11.1. The highest BCUT2D eigenvalue weighted by Crippen LogP contribution is 2.28. The van der Waals surface area contributed by atoms with Crippen molar-refractivity contribution in [2.75, 3.05) is 6.61 Å². The van der Waals surface area contributed by atoms with E-state index >= 15 is 0 Å². The second-order valence-electron chi connectivity index (χ2n) is 5.20. The fourth-order valence-electron chi connectivity index (χ4n) is 2.28. The van der Waals surface area contributed by atoms with Crippen LogP contribution in [0.25, 0.3) is 0 Å². The van der Waals surface area contributed by atoms with Crippen LogP contribution in [0.4, 0.5) is 0 Å². The van der Waals surface area contributed by atoms with Crippen molar-refractivity contribution in [3.8, 4) is 0 Å². The number of halogens is 1. The maximum atomic E-state index is 11.4. The number of amides is 1. The van der Waals surface area contributed by atoms with Crippen LogP contribution in [-0.2, 0) is 38.1 Å². The molecular formula is C14H20ClNO8. The molecule has 24 heavy (non-hydrogen) atoms. The number of rotatable bonds is 5. The normalized spacial score (nSPS) is 29.3. The molecule has 1 aliphatic heterocycles. The Morgan fingerprint density at radius 1 is 0.958 bits per heavy atom. The van der Waals surface area contributed by atoms with Gasteiger partial charge in [0.1, 0.15) is 18.8 Å². The fourth-order valence-corrected chi connectivity index (χ4v) is 2.62. The van der Waals surface area contributed by atoms with E-state index in [-0.39, 0.29) is 6.61 Å². The van der Waals surface area contributed by atoms with E-state index in [1.54, 1.807) is 0 Å². The minimum absolute atomic E-state index is 0.263. The van der Waals surface area contributed by atoms with E-state index in [2.05, 4.69) is 5.32 Å². The Morgan fingerprint density at radius 3 is 1.96 bits per heavy atom. The van der Waals surface area contributed by atoms with Crippen molar-refractivity contribution in [1.29, 1.82) is 0 Å². The molecule has 1 heterocycles. The molecule has 0 aromatic rings. The van der Waals surface area contributed by atoms with Gasteiger partial charge in [-0.2, -0.15) is 0 Å². The van der Waals surface area contributed by atoms with Gasteiger partial charge in [0.2, 0.25) is 5.91 Å². The lowest BCUT2D eigenvalue weighted by Gasteiger charge is -2.43. The zero-order valence-corrected chi connectivity index (χ0v) is 14.5. The van der Waals surface area contributed by atoms with Crippen molar-refractivity contribution in [1.82, 2.24) is 5.32 Å². The lowest BCUT2D eigenvalue weighted by molar-refractivity contribution is -0.212. The van der Waals surface area contributed by atoms with Gasteiger partial charge in [0.15, 0.2) is 17.8 Å². The molecule has 1 rings (SSSR count). The lowest BCUT2D eigenvalue weighted by atomic mass is 9.97. The van der Waals surface area contributed by atoms with Gasteiger partial charge in [0, 0.05) is 27.7 Å². The molecule has 1 saturated heterocycles. The molecule has 0 spiro atoms. The van der Waals surface area contributed by atoms with Gasteiger partial charge in [-0.3, -0.25) is 19.2 Å². The first kappa shape index (κ1) is 20.2. The van der Waals surface area contributed by atoms with Crippen LogP contribution in [0.1, 0.15) is 27.7 Å². The van der Waals surface area contributed by atoms with Crippen LogP contribution >= 0.6 is 11.6 Å². The third kappa shape index (κ3) is 5.97. The van der Waals surface area contributed by atoms with Crippen molar-refractivity contribution in [2.24, 2.45) is 0 Å². The SMILES string of the molecule is CC(=O)NC1C(Cl)OC(COC(C)=O)[C@H](OC(C)=O)[C@@H]1OC(C)=O. The van der Waals surface area contributed by atoms with E-state index in [1.165, 1.54) is 13.8 Å². The van der Waals surface area contributed by atoms with Crippen LogP contribution in [0.15, 0.2) is 0 Å². The summed E-state index contributed by atoms with van der Waals surface area (Å²) in [5.74, 6) is -2.33. The predicted molar refractivity (Wildman–Crippen MR) is 79.9 cm³/mol. The van der Waals surface area contributed by atoms with Gasteiger partial charge >= 0.3 is 17.9 Å². The van der Waals surface area contributed by atoms with Crippen molar-refractivity contribution in [3.63, 3.8) is 0 Å². The summed E-state index contributed by atoms with van der Waals surface area (Å²) in [4.78, 5) is 45.2. The molecule has 1 N–H and O–H groups in total. The summed E-state index contributed by atoms with van der Waals surface area (Å²) in [5, 5.41) is 2.50. The first-order valence-electron chi connectivity index (χ1n) is 7.16. The second kappa shape index (κ2) is 8.84. The predicted octanol–water partition coefficient (Wildman–Crippen LogP) is -0.119. The van der Waals surface area contributed by atoms with Crippen molar-refractivity contribution < 1.29 is 38.1 Å². The summed E-state index contributed by atoms with van der Waals surface area (Å²) < 4.78 is 20.7. The number of hydrogen-bond donors (Lipinski definition) is 1. The van der Waals surface area contributed by atoms with Crippen LogP contribution in [0.3, 0.4) is 0 Å². The number of alkyl halides is 1. The summed E-state index contributed by atoms with van der Waals surface area (Å²) in [6.07, 6.45) is -3.18. The maximum absolute atomic E-state index is 11.4. The van der Waals surface area contributed by atoms with Gasteiger partial charge in [-0.25, -0.2) is 0 Å². The van der Waals surface area contributed by atoms with E-state index < -0.39 is 53.7 Å². The van der Waals surface area contributed by atoms with Crippen molar-refractivity contribution in [3.05, 3.63) is 0 Å². The molecule has 0 saturated carbocycles. The number of nitrogens with one attached hydrogen (secondary N) is 1. The van der Waals surface area contributed by atoms with Crippen LogP contribution in [-0.4, -0.2) is 60.3 Å². The van der Waals surface area contributed by atoms with E-state index in [4.69, 9.17) is 30.5 Å². The van der Waals surface area contributed by atoms with E-state index in [9.17, 15) is 19.2 Å². The number of carbonyl (C=O) groups is 4. The number of hydrogen-bond acceptors (Lipinski definition) is 8. The summed E-state index contributed by atoms with van der Waals surface area (Å²) in [6.45, 7) is 4.51. The quantitative estimate of drug-likeness (QED) is 0.407. The summed E-state index contributed by atoms with van der Waals surface area (Å²) >= 11 is 6.11. The minimum Gasteiger partial charge on any atom is -0.463 e. The monoisotopic (exact) mass is 365 g/mol. The highest BCUT2D eigenvalue weighted by molar-refractivity contribution is 6.20. The van der Waals surface area contributed by atoms with Gasteiger partial charge in [-0.05, 0) is 0 Å². The van der Waals surface area contributed by atoms with Gasteiger partial charge < -0.3 is 24.3 Å². The molecule has 9 nitrogen and oxygen atoms in total. The molecular weight excluding hydrogens is 346 g/mol. The van der Waals surface area contributed by atoms with Crippen LogP contribution in [0, 0.1) is 0 Å². The topological polar surface area (TPSA) is 117 Å². The zero-order chi connectivity index (χ0) is 18.4. The summed E-state index contributed by atoms with van der Waals surface area (Å²) in [7, 11) is 0. The molecule has 136 valence electrons. The second-order valence-corrected chi connectivity index (χ2v) is 5.63. The molecule has 0 aromatic carbocycles. The number of ether oxygens (including phenoxy) is 4. The fraction of sp³-hybridized carbons (Fsp3) is 0.714. The van der Waals surface area contributed by atoms with Crippen molar-refractivity contribution in [2.45, 2.75) is 57.6 Å². The molecule has 1 amide bonds. The summed E-state index contributed by atoms with van der Waals surface area (Å²) in [5.41, 5.74) is -1.09. The molecule has 0 radical (unpaired) electrons. The number of carbonyl (C=O) groups excluding carboxylic acids is 4. The molecule has 0 aromatic heterocycles. The highest BCUT2D eigenvalue weighted by atomic mass is 35.5. The molecule has 3 unspecified atom stereocenters. The number of esters is 3. The Hall–Kier alpha value is -1.87. The van der Waals surface area contributed by atoms with Gasteiger partial charge in [-0.1, -0.05) is 11.6 Å². The molecule has 1 fully saturated rings. The summed E-state index contributed by atoms with van der Waals surface area (Å²) in [6, 6.07) is -0.953. The standard InChI is InChI=1S/C14H20ClNO8/c1-6(17)16-11-13(23-9(4)20)12(22-8(3)19)10(24-14(11)15)5-21-7(2)18/h10-14H,5H2,1-4H3,(H,16,17)/t10?,11?,12-,13+,14?/m0/s1. The van der Waals surface area contributed by atoms with E-state index in [0.717, 1.165) is 13.8 Å². The molecule has 0 aliphatic carbocycles. The smallest absolute Gasteiger partial charge is 0.303 e. The average Bonchev–Trinajstić information content (AvgIpc) is 2.42. The van der Waals surface area contributed by atoms with Crippen LogP contribution in [0.2, 0.25) is 0 Å². The lowest BCUT2D eigenvalue weighted by Crippen LogP contribution is -2.64. The van der Waals surface area contributed by atoms with E-state index in [1.807, 2.05) is 0 Å². The highest BCUT2D eigenvalue weighted by Gasteiger charge is 2.50. The maximum Gasteiger partial charge on any atom is 0.303 e. The third-order valence-electron chi connectivity index (χ3n) is 3.06. The first-order valence-corrected chi connectivity index (χ1v) is 7.60. The molecule has 1 aliphatic rings. The van der Waals surface area contributed by atoms with Gasteiger partial charge in [0.25, 0.3) is 0 Å². The zero-order valence-electron chi connectivity index (χ0n) is 13.7. The Bertz CT molecular complexity index is 511. The third-order valence-corrected chi connectivity index (χ3v) is 3.43. The average molecular weight is 366 g/mol. The van der Waals surface area contributed by atoms with Crippen LogP contribution in [0.5, 0.6) is 0 Å². The Labute approximate surface area is 143 Å². The largest absolute Gasteiger partial charge is 0.463 e. The Morgan fingerprint density at radius 2 is 1.50 bits per heavy atom. The Balaban J connectivity index is 3.11. The molecule has 0 bridgehead atoms.